The second kappa shape index (κ2) is 15.0. The van der Waals surface area contributed by atoms with E-state index in [2.05, 4.69) is 46.6 Å². The summed E-state index contributed by atoms with van der Waals surface area (Å²) < 4.78 is 16.8. The van der Waals surface area contributed by atoms with Crippen molar-refractivity contribution in [3.8, 4) is 0 Å². The second-order valence-electron chi connectivity index (χ2n) is 8.92. The molecule has 3 N–H and O–H groups in total. The third-order valence-corrected chi connectivity index (χ3v) is 6.40. The molecule has 0 atom stereocenters. The number of pyridine rings is 1. The molecular weight excluding hydrogens is 532 g/mol. The number of rotatable bonds is 15. The van der Waals surface area contributed by atoms with Gasteiger partial charge in [0.15, 0.2) is 0 Å². The van der Waals surface area contributed by atoms with Gasteiger partial charge in [-0.05, 0) is 42.2 Å². The van der Waals surface area contributed by atoms with Crippen molar-refractivity contribution < 1.29 is 24.1 Å². The first-order chi connectivity index (χ1) is 19.3. The predicted molar refractivity (Wildman–Crippen MR) is 157 cm³/mol. The summed E-state index contributed by atoms with van der Waals surface area (Å²) in [5, 5.41) is 19.9. The number of aliphatic carboxylic acids is 1. The van der Waals surface area contributed by atoms with Gasteiger partial charge >= 0.3 is 5.97 Å². The number of nitrogens with one attached hydrogen (secondary N) is 2. The van der Waals surface area contributed by atoms with Crippen LogP contribution in [0.5, 0.6) is 0 Å². The number of allylic oxidation sites excluding steroid dienone is 3. The Morgan fingerprint density at radius 1 is 1.27 bits per heavy atom. The van der Waals surface area contributed by atoms with Crippen LogP contribution in [0, 0.1) is 5.41 Å². The maximum atomic E-state index is 11.5. The third kappa shape index (κ3) is 8.05. The summed E-state index contributed by atoms with van der Waals surface area (Å²) in [6.07, 6.45) is 3.25. The smallest absolute Gasteiger partial charge is 0.342 e. The lowest BCUT2D eigenvalue weighted by molar-refractivity contribution is -0.132. The fraction of sp³-hybridized carbons (Fsp3) is 0.300. The zero-order valence-corrected chi connectivity index (χ0v) is 23.6. The number of methoxy groups -OCH3 is 1. The molecule has 0 bridgehead atoms. The molecule has 2 heterocycles. The van der Waals surface area contributed by atoms with E-state index in [0.717, 1.165) is 38.2 Å². The zero-order chi connectivity index (χ0) is 29.1. The second-order valence-corrected chi connectivity index (χ2v) is 9.38. The van der Waals surface area contributed by atoms with E-state index in [1.54, 1.807) is 38.3 Å². The van der Waals surface area contributed by atoms with Crippen LogP contribution in [0.25, 0.3) is 5.57 Å². The standard InChI is InChI=1S/C30H35ClN4O5/c1-5-24(26-8-7-9-27(33-26)34-29(39-6-2)25(17-32)30(36)37)28(20(3)31)40-19-21-10-11-23-18-35(14-15-38-4)13-12-22(23)16-21/h5,7-11,16-17,32H,1,3,6,12-15,18-19H2,2,4H3,(H,33,34)(H,36,37)/b28-24-,29-25-,32-17?. The molecule has 9 nitrogen and oxygen atoms in total. The van der Waals surface area contributed by atoms with E-state index >= 15 is 0 Å². The Morgan fingerprint density at radius 3 is 2.73 bits per heavy atom. The van der Waals surface area contributed by atoms with Crippen LogP contribution in [0.4, 0.5) is 5.82 Å². The van der Waals surface area contributed by atoms with E-state index in [-0.39, 0.29) is 29.7 Å². The molecule has 0 radical (unpaired) electrons. The van der Waals surface area contributed by atoms with Crippen molar-refractivity contribution in [1.29, 1.82) is 5.41 Å². The normalized spacial score (nSPS) is 14.3. The minimum absolute atomic E-state index is 0.0914. The molecule has 0 saturated heterocycles. The fourth-order valence-corrected chi connectivity index (χ4v) is 4.41. The molecule has 0 spiro atoms. The van der Waals surface area contributed by atoms with Gasteiger partial charge in [0, 0.05) is 38.5 Å². The van der Waals surface area contributed by atoms with E-state index in [1.165, 1.54) is 11.1 Å². The molecule has 0 aliphatic carbocycles. The molecule has 40 heavy (non-hydrogen) atoms. The molecular formula is C30H35ClN4O5. The van der Waals surface area contributed by atoms with Crippen molar-refractivity contribution >= 4 is 35.2 Å². The van der Waals surface area contributed by atoms with Crippen LogP contribution in [0.1, 0.15) is 29.3 Å². The largest absolute Gasteiger partial charge is 0.487 e. The Kier molecular flexibility index (Phi) is 11.5. The van der Waals surface area contributed by atoms with E-state index in [9.17, 15) is 9.90 Å². The van der Waals surface area contributed by atoms with Gasteiger partial charge in [-0.1, -0.05) is 55.1 Å². The maximum absolute atomic E-state index is 11.5. The molecule has 0 saturated carbocycles. The van der Waals surface area contributed by atoms with Gasteiger partial charge in [-0.3, -0.25) is 4.90 Å². The number of fused-ring (bicyclic) bond motifs is 1. The van der Waals surface area contributed by atoms with Crippen molar-refractivity contribution in [2.24, 2.45) is 0 Å². The predicted octanol–water partition coefficient (Wildman–Crippen LogP) is 5.35. The first kappa shape index (κ1) is 30.6. The van der Waals surface area contributed by atoms with E-state index in [4.69, 9.17) is 31.2 Å². The Bertz CT molecular complexity index is 1320. The summed E-state index contributed by atoms with van der Waals surface area (Å²) in [5.74, 6) is -0.759. The summed E-state index contributed by atoms with van der Waals surface area (Å²) in [7, 11) is 1.72. The monoisotopic (exact) mass is 566 g/mol. The molecule has 1 aromatic carbocycles. The van der Waals surface area contributed by atoms with Gasteiger partial charge in [0.2, 0.25) is 5.88 Å². The average molecular weight is 567 g/mol. The van der Waals surface area contributed by atoms with Crippen molar-refractivity contribution in [3.05, 3.63) is 100 Å². The van der Waals surface area contributed by atoms with Crippen LogP contribution in [0.15, 0.2) is 77.9 Å². The molecule has 0 fully saturated rings. The van der Waals surface area contributed by atoms with Crippen LogP contribution >= 0.6 is 11.6 Å². The molecule has 3 rings (SSSR count). The number of anilines is 1. The summed E-state index contributed by atoms with van der Waals surface area (Å²) in [6, 6.07) is 11.5. The number of ether oxygens (including phenoxy) is 3. The first-order valence-electron chi connectivity index (χ1n) is 12.8. The third-order valence-electron chi connectivity index (χ3n) is 6.23. The van der Waals surface area contributed by atoms with Gasteiger partial charge in [-0.2, -0.15) is 0 Å². The highest BCUT2D eigenvalue weighted by molar-refractivity contribution is 6.32. The number of aromatic nitrogens is 1. The van der Waals surface area contributed by atoms with Gasteiger partial charge in [-0.15, -0.1) is 0 Å². The van der Waals surface area contributed by atoms with Crippen LogP contribution in [0.2, 0.25) is 0 Å². The lowest BCUT2D eigenvalue weighted by Crippen LogP contribution is -2.33. The SMILES string of the molecule is C=C/C(=C(/OCc1ccc2c(c1)CCN(CCOC)C2)C(=C)Cl)c1cccc(N/C(OCC)=C(\C=N)C(=O)O)n1. The van der Waals surface area contributed by atoms with E-state index in [1.807, 2.05) is 0 Å². The zero-order valence-electron chi connectivity index (χ0n) is 22.8. The van der Waals surface area contributed by atoms with Crippen LogP contribution < -0.4 is 5.32 Å². The number of halogens is 1. The van der Waals surface area contributed by atoms with Gasteiger partial charge in [0.25, 0.3) is 0 Å². The lowest BCUT2D eigenvalue weighted by atomic mass is 9.97. The van der Waals surface area contributed by atoms with Gasteiger partial charge in [-0.25, -0.2) is 9.78 Å². The Balaban J connectivity index is 1.83. The van der Waals surface area contributed by atoms with Crippen molar-refractivity contribution in [1.82, 2.24) is 9.88 Å². The van der Waals surface area contributed by atoms with Crippen molar-refractivity contribution in [2.45, 2.75) is 26.5 Å². The summed E-state index contributed by atoms with van der Waals surface area (Å²) in [5.41, 5.74) is 4.27. The number of hydrogen-bond donors (Lipinski definition) is 3. The van der Waals surface area contributed by atoms with Crippen molar-refractivity contribution in [3.63, 3.8) is 0 Å². The molecule has 1 aliphatic heterocycles. The Morgan fingerprint density at radius 2 is 2.08 bits per heavy atom. The number of carboxylic acid groups (broad SMARTS) is 1. The highest BCUT2D eigenvalue weighted by Crippen LogP contribution is 2.29. The lowest BCUT2D eigenvalue weighted by Gasteiger charge is -2.28. The van der Waals surface area contributed by atoms with Gasteiger partial charge in [0.05, 0.1) is 23.9 Å². The van der Waals surface area contributed by atoms with Gasteiger partial charge < -0.3 is 30.0 Å². The molecule has 2 aromatic rings. The topological polar surface area (TPSA) is 117 Å². The molecule has 10 heteroatoms. The number of carbonyl (C=O) groups is 1. The van der Waals surface area contributed by atoms with Crippen LogP contribution in [0.3, 0.4) is 0 Å². The fourth-order valence-electron chi connectivity index (χ4n) is 4.26. The van der Waals surface area contributed by atoms with E-state index < -0.39 is 5.97 Å². The quantitative estimate of drug-likeness (QED) is 0.114. The van der Waals surface area contributed by atoms with Gasteiger partial charge in [0.1, 0.15) is 23.8 Å². The van der Waals surface area contributed by atoms with Crippen LogP contribution in [-0.4, -0.2) is 60.6 Å². The summed E-state index contributed by atoms with van der Waals surface area (Å²) in [4.78, 5) is 18.5. The summed E-state index contributed by atoms with van der Waals surface area (Å²) >= 11 is 6.37. The average Bonchev–Trinajstić information content (AvgIpc) is 2.94. The molecule has 0 unspecified atom stereocenters. The Labute approximate surface area is 239 Å². The number of benzene rings is 1. The highest BCUT2D eigenvalue weighted by atomic mass is 35.5. The molecule has 1 aromatic heterocycles. The Hall–Kier alpha value is -3.92. The van der Waals surface area contributed by atoms with E-state index in [0.29, 0.717) is 29.1 Å². The first-order valence-corrected chi connectivity index (χ1v) is 13.2. The summed E-state index contributed by atoms with van der Waals surface area (Å²) in [6.45, 7) is 13.5. The number of hydrogen-bond acceptors (Lipinski definition) is 8. The maximum Gasteiger partial charge on any atom is 0.342 e. The minimum atomic E-state index is -1.30. The highest BCUT2D eigenvalue weighted by Gasteiger charge is 2.18. The number of nitrogens with zero attached hydrogens (tertiary/aromatic N) is 2. The number of carboxylic acids is 1. The molecule has 0 amide bonds. The van der Waals surface area contributed by atoms with Crippen LogP contribution in [-0.2, 0) is 38.6 Å². The molecule has 1 aliphatic rings. The minimum Gasteiger partial charge on any atom is -0.487 e. The molecule has 212 valence electrons. The van der Waals surface area contributed by atoms with Crippen molar-refractivity contribution in [2.75, 3.05) is 38.7 Å².